The molecule has 4 nitrogen and oxygen atoms in total. The van der Waals surface area contributed by atoms with Gasteiger partial charge in [0, 0.05) is 18.6 Å². The minimum Gasteiger partial charge on any atom is -0.369 e. The summed E-state index contributed by atoms with van der Waals surface area (Å²) in [5, 5.41) is 0. The average Bonchev–Trinajstić information content (AvgIpc) is 2.70. The van der Waals surface area contributed by atoms with E-state index in [4.69, 9.17) is 11.5 Å². The zero-order chi connectivity index (χ0) is 11.3. The third kappa shape index (κ3) is 3.47. The van der Waals surface area contributed by atoms with Crippen molar-refractivity contribution in [3.05, 3.63) is 0 Å². The Morgan fingerprint density at radius 3 is 2.47 bits per heavy atom. The first-order valence-corrected chi connectivity index (χ1v) is 5.93. The van der Waals surface area contributed by atoms with Gasteiger partial charge in [-0.15, -0.1) is 0 Å². The second-order valence-electron chi connectivity index (χ2n) is 4.37. The second kappa shape index (κ2) is 6.08. The molecule has 0 aromatic heterocycles. The summed E-state index contributed by atoms with van der Waals surface area (Å²) in [6, 6.07) is 0.826. The number of rotatable bonds is 6. The van der Waals surface area contributed by atoms with E-state index >= 15 is 0 Å². The van der Waals surface area contributed by atoms with Gasteiger partial charge in [-0.05, 0) is 19.3 Å². The third-order valence-corrected chi connectivity index (χ3v) is 3.34. The van der Waals surface area contributed by atoms with Gasteiger partial charge in [-0.1, -0.05) is 19.8 Å². The maximum absolute atomic E-state index is 11.0. The zero-order valence-corrected chi connectivity index (χ0v) is 9.61. The van der Waals surface area contributed by atoms with Crippen molar-refractivity contribution in [1.29, 1.82) is 0 Å². The molecule has 0 saturated heterocycles. The summed E-state index contributed by atoms with van der Waals surface area (Å²) in [7, 11) is 0. The smallest absolute Gasteiger partial charge is 0.231 e. The van der Waals surface area contributed by atoms with Crippen molar-refractivity contribution in [2.75, 3.05) is 13.1 Å². The molecule has 0 radical (unpaired) electrons. The fraction of sp³-hybridized carbons (Fsp3) is 0.909. The summed E-state index contributed by atoms with van der Waals surface area (Å²) in [5.41, 5.74) is 11.0. The van der Waals surface area contributed by atoms with Crippen molar-refractivity contribution < 1.29 is 4.79 Å². The van der Waals surface area contributed by atoms with Crippen molar-refractivity contribution >= 4 is 5.91 Å². The molecule has 0 bridgehead atoms. The molecular formula is C11H23N3O. The SMILES string of the molecule is CCC(CN)N(CC(N)=O)C1CCCC1. The quantitative estimate of drug-likeness (QED) is 0.673. The number of nitrogens with zero attached hydrogens (tertiary/aromatic N) is 1. The molecule has 4 heteroatoms. The highest BCUT2D eigenvalue weighted by atomic mass is 16.1. The van der Waals surface area contributed by atoms with Crippen LogP contribution in [0.4, 0.5) is 0 Å². The van der Waals surface area contributed by atoms with Crippen LogP contribution in [0.15, 0.2) is 0 Å². The molecule has 88 valence electrons. The highest BCUT2D eigenvalue weighted by Gasteiger charge is 2.27. The van der Waals surface area contributed by atoms with E-state index in [2.05, 4.69) is 11.8 Å². The van der Waals surface area contributed by atoms with Crippen molar-refractivity contribution in [3.8, 4) is 0 Å². The van der Waals surface area contributed by atoms with Gasteiger partial charge in [0.15, 0.2) is 0 Å². The Labute approximate surface area is 92.0 Å². The molecule has 1 aliphatic rings. The Morgan fingerprint density at radius 1 is 1.47 bits per heavy atom. The number of carbonyl (C=O) groups excluding carboxylic acids is 1. The van der Waals surface area contributed by atoms with Gasteiger partial charge < -0.3 is 11.5 Å². The average molecular weight is 213 g/mol. The molecule has 1 aliphatic carbocycles. The van der Waals surface area contributed by atoms with Gasteiger partial charge in [-0.2, -0.15) is 0 Å². The Balaban J connectivity index is 2.61. The number of hydrogen-bond donors (Lipinski definition) is 2. The Hall–Kier alpha value is -0.610. The van der Waals surface area contributed by atoms with Crippen molar-refractivity contribution in [2.24, 2.45) is 11.5 Å². The predicted octanol–water partition coefficient (Wildman–Crippen LogP) is 0.454. The minimum atomic E-state index is -0.242. The maximum Gasteiger partial charge on any atom is 0.231 e. The van der Waals surface area contributed by atoms with E-state index in [-0.39, 0.29) is 5.91 Å². The summed E-state index contributed by atoms with van der Waals surface area (Å²) < 4.78 is 0. The molecule has 1 amide bonds. The molecule has 0 aromatic rings. The number of nitrogens with two attached hydrogens (primary N) is 2. The normalized spacial score (nSPS) is 19.7. The van der Waals surface area contributed by atoms with Crippen LogP contribution in [0.2, 0.25) is 0 Å². The van der Waals surface area contributed by atoms with Gasteiger partial charge in [-0.25, -0.2) is 0 Å². The van der Waals surface area contributed by atoms with Crippen LogP contribution in [-0.2, 0) is 4.79 Å². The van der Waals surface area contributed by atoms with E-state index in [1.165, 1.54) is 25.7 Å². The van der Waals surface area contributed by atoms with Crippen LogP contribution in [0.25, 0.3) is 0 Å². The number of amides is 1. The first kappa shape index (κ1) is 12.5. The van der Waals surface area contributed by atoms with Gasteiger partial charge >= 0.3 is 0 Å². The number of hydrogen-bond acceptors (Lipinski definition) is 3. The van der Waals surface area contributed by atoms with E-state index < -0.39 is 0 Å². The van der Waals surface area contributed by atoms with Crippen molar-refractivity contribution in [1.82, 2.24) is 4.90 Å². The van der Waals surface area contributed by atoms with Crippen molar-refractivity contribution in [2.45, 2.75) is 51.1 Å². The van der Waals surface area contributed by atoms with E-state index in [1.807, 2.05) is 0 Å². The fourth-order valence-electron chi connectivity index (χ4n) is 2.51. The van der Waals surface area contributed by atoms with Crippen LogP contribution >= 0.6 is 0 Å². The van der Waals surface area contributed by atoms with Crippen LogP contribution in [0.1, 0.15) is 39.0 Å². The summed E-state index contributed by atoms with van der Waals surface area (Å²) in [6.07, 6.45) is 5.88. The lowest BCUT2D eigenvalue weighted by Gasteiger charge is -2.34. The lowest BCUT2D eigenvalue weighted by molar-refractivity contribution is -0.120. The van der Waals surface area contributed by atoms with Crippen LogP contribution < -0.4 is 11.5 Å². The largest absolute Gasteiger partial charge is 0.369 e. The minimum absolute atomic E-state index is 0.242. The fourth-order valence-corrected chi connectivity index (χ4v) is 2.51. The van der Waals surface area contributed by atoms with Crippen LogP contribution in [0, 0.1) is 0 Å². The van der Waals surface area contributed by atoms with Gasteiger partial charge in [0.05, 0.1) is 6.54 Å². The summed E-state index contributed by atoms with van der Waals surface area (Å²) >= 11 is 0. The zero-order valence-electron chi connectivity index (χ0n) is 9.61. The molecule has 4 N–H and O–H groups in total. The summed E-state index contributed by atoms with van der Waals surface area (Å²) in [4.78, 5) is 13.3. The van der Waals surface area contributed by atoms with E-state index in [0.29, 0.717) is 25.2 Å². The second-order valence-corrected chi connectivity index (χ2v) is 4.37. The molecule has 15 heavy (non-hydrogen) atoms. The lowest BCUT2D eigenvalue weighted by atomic mass is 10.1. The first-order chi connectivity index (χ1) is 7.19. The first-order valence-electron chi connectivity index (χ1n) is 5.93. The molecule has 0 aliphatic heterocycles. The Bertz CT molecular complexity index is 196. The van der Waals surface area contributed by atoms with E-state index in [9.17, 15) is 4.79 Å². The van der Waals surface area contributed by atoms with Crippen LogP contribution in [0.3, 0.4) is 0 Å². The topological polar surface area (TPSA) is 72.3 Å². The number of carbonyl (C=O) groups is 1. The molecule has 1 saturated carbocycles. The molecule has 0 spiro atoms. The molecular weight excluding hydrogens is 190 g/mol. The van der Waals surface area contributed by atoms with Crippen molar-refractivity contribution in [3.63, 3.8) is 0 Å². The molecule has 1 unspecified atom stereocenters. The maximum atomic E-state index is 11.0. The van der Waals surface area contributed by atoms with E-state index in [1.54, 1.807) is 0 Å². The summed E-state index contributed by atoms with van der Waals surface area (Å²) in [6.45, 7) is 3.08. The third-order valence-electron chi connectivity index (χ3n) is 3.34. The monoisotopic (exact) mass is 213 g/mol. The molecule has 1 atom stereocenters. The number of primary amides is 1. The Morgan fingerprint density at radius 2 is 2.07 bits per heavy atom. The highest BCUT2D eigenvalue weighted by Crippen LogP contribution is 2.25. The van der Waals surface area contributed by atoms with Gasteiger partial charge in [-0.3, -0.25) is 9.69 Å². The molecule has 1 fully saturated rings. The van der Waals surface area contributed by atoms with Gasteiger partial charge in [0.1, 0.15) is 0 Å². The van der Waals surface area contributed by atoms with Crippen LogP contribution in [0.5, 0.6) is 0 Å². The predicted molar refractivity (Wildman–Crippen MR) is 61.3 cm³/mol. The summed E-state index contributed by atoms with van der Waals surface area (Å²) in [5.74, 6) is -0.242. The molecule has 1 rings (SSSR count). The van der Waals surface area contributed by atoms with Gasteiger partial charge in [0.25, 0.3) is 0 Å². The highest BCUT2D eigenvalue weighted by molar-refractivity contribution is 5.76. The van der Waals surface area contributed by atoms with Crippen LogP contribution in [-0.4, -0.2) is 36.0 Å². The standard InChI is InChI=1S/C11H23N3O/c1-2-9(7-12)14(8-11(13)15)10-5-3-4-6-10/h9-10H,2-8,12H2,1H3,(H2,13,15). The van der Waals surface area contributed by atoms with Gasteiger partial charge in [0.2, 0.25) is 5.91 Å². The lowest BCUT2D eigenvalue weighted by Crippen LogP contribution is -2.49. The molecule has 0 heterocycles. The Kier molecular flexibility index (Phi) is 5.05. The molecule has 0 aromatic carbocycles. The van der Waals surface area contributed by atoms with E-state index in [0.717, 1.165) is 6.42 Å².